The van der Waals surface area contributed by atoms with Crippen molar-refractivity contribution in [2.24, 2.45) is 0 Å². The molecule has 3 nitrogen and oxygen atoms in total. The Morgan fingerprint density at radius 3 is 2.86 bits per heavy atom. The zero-order chi connectivity index (χ0) is 15.4. The van der Waals surface area contributed by atoms with Crippen LogP contribution in [0.5, 0.6) is 0 Å². The average molecular weight is 316 g/mol. The highest BCUT2D eigenvalue weighted by molar-refractivity contribution is 7.98. The van der Waals surface area contributed by atoms with Gasteiger partial charge in [0.2, 0.25) is 0 Å². The molecule has 0 aliphatic carbocycles. The molecule has 1 fully saturated rings. The van der Waals surface area contributed by atoms with Gasteiger partial charge in [-0.25, -0.2) is 0 Å². The van der Waals surface area contributed by atoms with Crippen LogP contribution in [0.25, 0.3) is 0 Å². The molecule has 0 N–H and O–H groups in total. The van der Waals surface area contributed by atoms with Crippen molar-refractivity contribution in [3.8, 4) is 0 Å². The minimum atomic E-state index is 0.412. The lowest BCUT2D eigenvalue weighted by Crippen LogP contribution is -2.22. The van der Waals surface area contributed by atoms with Gasteiger partial charge in [-0.05, 0) is 49.8 Å². The third-order valence-electron chi connectivity index (χ3n) is 4.32. The zero-order valence-corrected chi connectivity index (χ0v) is 14.2. The van der Waals surface area contributed by atoms with Crippen LogP contribution in [0, 0.1) is 0 Å². The van der Waals surface area contributed by atoms with Crippen LogP contribution in [0.15, 0.2) is 39.8 Å². The monoisotopic (exact) mass is 316 g/mol. The van der Waals surface area contributed by atoms with Gasteiger partial charge in [-0.15, -0.1) is 11.8 Å². The smallest absolute Gasteiger partial charge is 0.137 e. The summed E-state index contributed by atoms with van der Waals surface area (Å²) in [4.78, 5) is 3.85. The molecule has 118 valence electrons. The van der Waals surface area contributed by atoms with Gasteiger partial charge in [-0.2, -0.15) is 0 Å². The molecule has 0 amide bonds. The first-order chi connectivity index (χ1) is 10.8. The van der Waals surface area contributed by atoms with E-state index in [1.807, 2.05) is 0 Å². The van der Waals surface area contributed by atoms with Gasteiger partial charge in [-0.3, -0.25) is 4.90 Å². The van der Waals surface area contributed by atoms with E-state index in [0.717, 1.165) is 37.4 Å². The standard InChI is InChI=1S/C18H24N2OS/c1-3-5-15-12-17(19-21-15)18-6-4-11-20(18)13-14-7-9-16(22-2)10-8-14/h7-10,12,18H,3-6,11,13H2,1-2H3/t18-/m0/s1. The van der Waals surface area contributed by atoms with E-state index in [1.165, 1.54) is 23.3 Å². The van der Waals surface area contributed by atoms with Crippen LogP contribution in [0.2, 0.25) is 0 Å². The molecule has 0 radical (unpaired) electrons. The maximum atomic E-state index is 5.47. The van der Waals surface area contributed by atoms with Crippen molar-refractivity contribution in [3.63, 3.8) is 0 Å². The summed E-state index contributed by atoms with van der Waals surface area (Å²) in [5.41, 5.74) is 2.49. The fourth-order valence-electron chi connectivity index (χ4n) is 3.17. The van der Waals surface area contributed by atoms with Gasteiger partial charge in [0.05, 0.1) is 6.04 Å². The van der Waals surface area contributed by atoms with Crippen LogP contribution in [-0.2, 0) is 13.0 Å². The van der Waals surface area contributed by atoms with E-state index >= 15 is 0 Å². The van der Waals surface area contributed by atoms with Crippen molar-refractivity contribution in [3.05, 3.63) is 47.3 Å². The molecule has 0 saturated carbocycles. The first-order valence-corrected chi connectivity index (χ1v) is 9.35. The van der Waals surface area contributed by atoms with Crippen molar-refractivity contribution in [2.75, 3.05) is 12.8 Å². The Morgan fingerprint density at radius 1 is 1.32 bits per heavy atom. The minimum absolute atomic E-state index is 0.412. The topological polar surface area (TPSA) is 29.3 Å². The second-order valence-electron chi connectivity index (χ2n) is 5.94. The first-order valence-electron chi connectivity index (χ1n) is 8.12. The summed E-state index contributed by atoms with van der Waals surface area (Å²) in [6.07, 6.45) is 6.62. The quantitative estimate of drug-likeness (QED) is 0.723. The summed E-state index contributed by atoms with van der Waals surface area (Å²) in [7, 11) is 0. The fraction of sp³-hybridized carbons (Fsp3) is 0.500. The van der Waals surface area contributed by atoms with Gasteiger partial charge in [-0.1, -0.05) is 24.2 Å². The number of hydrogen-bond acceptors (Lipinski definition) is 4. The van der Waals surface area contributed by atoms with Crippen LogP contribution >= 0.6 is 11.8 Å². The molecule has 0 bridgehead atoms. The Kier molecular flexibility index (Phi) is 5.21. The third-order valence-corrected chi connectivity index (χ3v) is 5.07. The summed E-state index contributed by atoms with van der Waals surface area (Å²) >= 11 is 1.79. The number of aryl methyl sites for hydroxylation is 1. The second kappa shape index (κ2) is 7.34. The molecule has 22 heavy (non-hydrogen) atoms. The number of rotatable bonds is 6. The maximum absolute atomic E-state index is 5.47. The number of thioether (sulfide) groups is 1. The Balaban J connectivity index is 1.69. The lowest BCUT2D eigenvalue weighted by atomic mass is 10.1. The lowest BCUT2D eigenvalue weighted by Gasteiger charge is -2.22. The van der Waals surface area contributed by atoms with E-state index in [4.69, 9.17) is 4.52 Å². The van der Waals surface area contributed by atoms with Gasteiger partial charge in [0, 0.05) is 23.9 Å². The van der Waals surface area contributed by atoms with E-state index in [0.29, 0.717) is 6.04 Å². The molecule has 0 spiro atoms. The van der Waals surface area contributed by atoms with E-state index in [2.05, 4.69) is 53.6 Å². The molecular weight excluding hydrogens is 292 g/mol. The third kappa shape index (κ3) is 3.55. The Morgan fingerprint density at radius 2 is 2.14 bits per heavy atom. The predicted octanol–water partition coefficient (Wildman–Crippen LogP) is 4.69. The minimum Gasteiger partial charge on any atom is -0.361 e. The predicted molar refractivity (Wildman–Crippen MR) is 91.1 cm³/mol. The average Bonchev–Trinajstić information content (AvgIpc) is 3.17. The SMILES string of the molecule is CCCc1cc([C@@H]2CCCN2Cc2ccc(SC)cc2)no1. The molecule has 1 aromatic carbocycles. The van der Waals surface area contributed by atoms with Gasteiger partial charge in [0.25, 0.3) is 0 Å². The summed E-state index contributed by atoms with van der Waals surface area (Å²) in [6, 6.07) is 11.5. The highest BCUT2D eigenvalue weighted by Gasteiger charge is 2.28. The van der Waals surface area contributed by atoms with Crippen LogP contribution < -0.4 is 0 Å². The highest BCUT2D eigenvalue weighted by atomic mass is 32.2. The fourth-order valence-corrected chi connectivity index (χ4v) is 3.57. The summed E-state index contributed by atoms with van der Waals surface area (Å²) < 4.78 is 5.47. The molecular formula is C18H24N2OS. The number of nitrogens with zero attached hydrogens (tertiary/aromatic N) is 2. The number of hydrogen-bond donors (Lipinski definition) is 0. The Labute approximate surface area is 137 Å². The lowest BCUT2D eigenvalue weighted by molar-refractivity contribution is 0.236. The normalized spacial score (nSPS) is 18.9. The molecule has 1 aliphatic heterocycles. The van der Waals surface area contributed by atoms with E-state index in [1.54, 1.807) is 11.8 Å². The number of likely N-dealkylation sites (tertiary alicyclic amines) is 1. The molecule has 1 saturated heterocycles. The van der Waals surface area contributed by atoms with Crippen LogP contribution in [0.3, 0.4) is 0 Å². The van der Waals surface area contributed by atoms with Gasteiger partial charge >= 0.3 is 0 Å². The Bertz CT molecular complexity index is 593. The van der Waals surface area contributed by atoms with Gasteiger partial charge in [0.15, 0.2) is 0 Å². The molecule has 1 aromatic heterocycles. The molecule has 4 heteroatoms. The second-order valence-corrected chi connectivity index (χ2v) is 6.82. The van der Waals surface area contributed by atoms with Crippen LogP contribution in [-0.4, -0.2) is 22.9 Å². The summed E-state index contributed by atoms with van der Waals surface area (Å²) in [5, 5.41) is 4.32. The largest absolute Gasteiger partial charge is 0.361 e. The zero-order valence-electron chi connectivity index (χ0n) is 13.4. The summed E-state index contributed by atoms with van der Waals surface area (Å²) in [5.74, 6) is 1.02. The molecule has 2 heterocycles. The van der Waals surface area contributed by atoms with Gasteiger partial charge in [0.1, 0.15) is 11.5 Å². The first kappa shape index (κ1) is 15.6. The van der Waals surface area contributed by atoms with Crippen LogP contribution in [0.1, 0.15) is 49.2 Å². The molecule has 3 rings (SSSR count). The number of benzene rings is 1. The molecule has 1 aliphatic rings. The van der Waals surface area contributed by atoms with E-state index < -0.39 is 0 Å². The summed E-state index contributed by atoms with van der Waals surface area (Å²) in [6.45, 7) is 4.31. The maximum Gasteiger partial charge on any atom is 0.137 e. The van der Waals surface area contributed by atoms with Crippen molar-refractivity contribution in [2.45, 2.75) is 50.1 Å². The van der Waals surface area contributed by atoms with E-state index in [-0.39, 0.29) is 0 Å². The van der Waals surface area contributed by atoms with Crippen molar-refractivity contribution in [1.82, 2.24) is 10.1 Å². The molecule has 0 unspecified atom stereocenters. The van der Waals surface area contributed by atoms with Crippen molar-refractivity contribution >= 4 is 11.8 Å². The van der Waals surface area contributed by atoms with Gasteiger partial charge < -0.3 is 4.52 Å². The van der Waals surface area contributed by atoms with Crippen molar-refractivity contribution in [1.29, 1.82) is 0 Å². The molecule has 1 atom stereocenters. The Hall–Kier alpha value is -1.26. The van der Waals surface area contributed by atoms with E-state index in [9.17, 15) is 0 Å². The number of aromatic nitrogens is 1. The highest BCUT2D eigenvalue weighted by Crippen LogP contribution is 2.33. The van der Waals surface area contributed by atoms with Crippen LogP contribution in [0.4, 0.5) is 0 Å². The molecule has 2 aromatic rings. The van der Waals surface area contributed by atoms with Crippen molar-refractivity contribution < 1.29 is 4.52 Å².